The molecule has 1 fully saturated rings. The van der Waals surface area contributed by atoms with Gasteiger partial charge in [0.15, 0.2) is 6.29 Å². The first-order chi connectivity index (χ1) is 10.2. The van der Waals surface area contributed by atoms with Crippen LogP contribution in [-0.4, -0.2) is 36.5 Å². The Morgan fingerprint density at radius 2 is 2.19 bits per heavy atom. The summed E-state index contributed by atoms with van der Waals surface area (Å²) in [5.74, 6) is -0.390. The van der Waals surface area contributed by atoms with Gasteiger partial charge in [0.2, 0.25) is 0 Å². The van der Waals surface area contributed by atoms with Crippen molar-refractivity contribution in [1.29, 1.82) is 0 Å². The van der Waals surface area contributed by atoms with Gasteiger partial charge in [-0.15, -0.1) is 0 Å². The van der Waals surface area contributed by atoms with Crippen LogP contribution in [0.5, 0.6) is 0 Å². The molecule has 0 spiro atoms. The highest BCUT2D eigenvalue weighted by Gasteiger charge is 2.30. The van der Waals surface area contributed by atoms with Crippen molar-refractivity contribution in [3.05, 3.63) is 48.0 Å². The zero-order valence-electron chi connectivity index (χ0n) is 12.0. The van der Waals surface area contributed by atoms with Gasteiger partial charge in [0, 0.05) is 11.6 Å². The predicted octanol–water partition coefficient (Wildman–Crippen LogP) is 1.97. The Morgan fingerprint density at radius 1 is 1.43 bits per heavy atom. The second-order valence-electron chi connectivity index (χ2n) is 4.71. The summed E-state index contributed by atoms with van der Waals surface area (Å²) >= 11 is 0. The van der Waals surface area contributed by atoms with Crippen LogP contribution in [0.25, 0.3) is 0 Å². The van der Waals surface area contributed by atoms with E-state index in [4.69, 9.17) is 14.2 Å². The highest BCUT2D eigenvalue weighted by molar-refractivity contribution is 5.81. The highest BCUT2D eigenvalue weighted by Crippen LogP contribution is 2.27. The molecule has 114 valence electrons. The molecule has 0 bridgehead atoms. The molecule has 0 radical (unpaired) electrons. The van der Waals surface area contributed by atoms with Crippen molar-refractivity contribution in [1.82, 2.24) is 0 Å². The van der Waals surface area contributed by atoms with Crippen LogP contribution in [0.4, 0.5) is 0 Å². The number of benzene rings is 1. The van der Waals surface area contributed by atoms with Crippen molar-refractivity contribution in [3.8, 4) is 0 Å². The number of carbonyl (C=O) groups is 1. The van der Waals surface area contributed by atoms with Crippen LogP contribution < -0.4 is 0 Å². The topological polar surface area (TPSA) is 65.0 Å². The number of aliphatic hydroxyl groups excluding tert-OH is 1. The molecule has 1 aromatic rings. The Bertz CT molecular complexity index is 471. The molecule has 21 heavy (non-hydrogen) atoms. The highest BCUT2D eigenvalue weighted by atomic mass is 16.7. The van der Waals surface area contributed by atoms with Gasteiger partial charge < -0.3 is 19.3 Å². The van der Waals surface area contributed by atoms with E-state index >= 15 is 0 Å². The van der Waals surface area contributed by atoms with E-state index in [2.05, 4.69) is 0 Å². The largest absolute Gasteiger partial charge is 0.463 e. The molecular formula is C16H20O5. The molecule has 0 saturated carbocycles. The first-order valence-corrected chi connectivity index (χ1v) is 7.04. The van der Waals surface area contributed by atoms with Crippen LogP contribution in [0.2, 0.25) is 0 Å². The molecule has 3 atom stereocenters. The lowest BCUT2D eigenvalue weighted by atomic mass is 10.1. The number of esters is 1. The summed E-state index contributed by atoms with van der Waals surface area (Å²) in [6.45, 7) is 2.30. The molecule has 1 N–H and O–H groups in total. The second-order valence-corrected chi connectivity index (χ2v) is 4.71. The van der Waals surface area contributed by atoms with Gasteiger partial charge in [0.1, 0.15) is 6.10 Å². The van der Waals surface area contributed by atoms with Crippen LogP contribution in [0.1, 0.15) is 25.2 Å². The molecule has 1 aliphatic heterocycles. The van der Waals surface area contributed by atoms with E-state index in [0.717, 1.165) is 5.56 Å². The summed E-state index contributed by atoms with van der Waals surface area (Å²) in [5.41, 5.74) is 0.906. The zero-order valence-corrected chi connectivity index (χ0v) is 12.0. The van der Waals surface area contributed by atoms with Gasteiger partial charge in [-0.3, -0.25) is 0 Å². The van der Waals surface area contributed by atoms with E-state index in [1.807, 2.05) is 30.3 Å². The molecule has 2 rings (SSSR count). The SMILES string of the molecule is CCOC(=O)/C=C/C[C@@H]1O[C@H](c2ccccc2)OC[C@H]1O. The molecule has 1 saturated heterocycles. The maximum Gasteiger partial charge on any atom is 0.330 e. The van der Waals surface area contributed by atoms with Gasteiger partial charge >= 0.3 is 5.97 Å². The van der Waals surface area contributed by atoms with E-state index in [1.54, 1.807) is 13.0 Å². The van der Waals surface area contributed by atoms with Crippen molar-refractivity contribution >= 4 is 5.97 Å². The molecule has 1 heterocycles. The summed E-state index contributed by atoms with van der Waals surface area (Å²) in [4.78, 5) is 11.2. The third kappa shape index (κ3) is 4.67. The molecule has 1 aliphatic rings. The Balaban J connectivity index is 1.91. The maximum absolute atomic E-state index is 11.2. The minimum Gasteiger partial charge on any atom is -0.463 e. The molecule has 0 aromatic heterocycles. The monoisotopic (exact) mass is 292 g/mol. The fourth-order valence-electron chi connectivity index (χ4n) is 2.07. The molecule has 0 amide bonds. The van der Waals surface area contributed by atoms with E-state index in [-0.39, 0.29) is 6.61 Å². The van der Waals surface area contributed by atoms with Crippen LogP contribution >= 0.6 is 0 Å². The lowest BCUT2D eigenvalue weighted by Gasteiger charge is -2.33. The number of carbonyl (C=O) groups excluding carboxylic acids is 1. The van der Waals surface area contributed by atoms with Crippen LogP contribution in [0, 0.1) is 0 Å². The van der Waals surface area contributed by atoms with E-state index < -0.39 is 24.5 Å². The van der Waals surface area contributed by atoms with Gasteiger partial charge in [-0.05, 0) is 13.3 Å². The lowest BCUT2D eigenvalue weighted by Crippen LogP contribution is -2.40. The van der Waals surface area contributed by atoms with Crippen LogP contribution in [0.3, 0.4) is 0 Å². The molecule has 0 unspecified atom stereocenters. The summed E-state index contributed by atoms with van der Waals surface area (Å²) in [7, 11) is 0. The number of hydrogen-bond donors (Lipinski definition) is 1. The Morgan fingerprint density at radius 3 is 2.90 bits per heavy atom. The van der Waals surface area contributed by atoms with E-state index in [1.165, 1.54) is 6.08 Å². The lowest BCUT2D eigenvalue weighted by molar-refractivity contribution is -0.255. The van der Waals surface area contributed by atoms with Crippen molar-refractivity contribution in [2.45, 2.75) is 31.8 Å². The Kier molecular flexibility index (Phi) is 5.92. The van der Waals surface area contributed by atoms with Gasteiger partial charge in [0.05, 0.1) is 19.3 Å². The standard InChI is InChI=1S/C16H20O5/c1-2-19-15(18)10-6-9-14-13(17)11-20-16(21-14)12-7-4-3-5-8-12/h3-8,10,13-14,16-17H,2,9,11H2,1H3/b10-6+/t13-,14+,16-/m1/s1. The smallest absolute Gasteiger partial charge is 0.330 e. The quantitative estimate of drug-likeness (QED) is 0.664. The number of ether oxygens (including phenoxy) is 3. The summed E-state index contributed by atoms with van der Waals surface area (Å²) in [6.07, 6.45) is 1.82. The van der Waals surface area contributed by atoms with Gasteiger partial charge in [-0.1, -0.05) is 36.4 Å². The minimum absolute atomic E-state index is 0.206. The Labute approximate surface area is 124 Å². The third-order valence-electron chi connectivity index (χ3n) is 3.13. The summed E-state index contributed by atoms with van der Waals surface area (Å²) in [5, 5.41) is 9.90. The first-order valence-electron chi connectivity index (χ1n) is 7.04. The average molecular weight is 292 g/mol. The number of hydrogen-bond acceptors (Lipinski definition) is 5. The van der Waals surface area contributed by atoms with Crippen molar-refractivity contribution < 1.29 is 24.1 Å². The minimum atomic E-state index is -0.711. The van der Waals surface area contributed by atoms with Crippen molar-refractivity contribution in [2.24, 2.45) is 0 Å². The Hall–Kier alpha value is -1.69. The van der Waals surface area contributed by atoms with Gasteiger partial charge in [-0.2, -0.15) is 0 Å². The third-order valence-corrected chi connectivity index (χ3v) is 3.13. The molecule has 5 heteroatoms. The second kappa shape index (κ2) is 7.93. The number of rotatable bonds is 5. The molecular weight excluding hydrogens is 272 g/mol. The number of aliphatic hydroxyl groups is 1. The summed E-state index contributed by atoms with van der Waals surface area (Å²) in [6, 6.07) is 9.55. The summed E-state index contributed by atoms with van der Waals surface area (Å²) < 4.78 is 16.0. The van der Waals surface area contributed by atoms with E-state index in [9.17, 15) is 9.90 Å². The van der Waals surface area contributed by atoms with Crippen molar-refractivity contribution in [3.63, 3.8) is 0 Å². The van der Waals surface area contributed by atoms with Gasteiger partial charge in [-0.25, -0.2) is 4.79 Å². The first kappa shape index (κ1) is 15.7. The molecule has 1 aromatic carbocycles. The fourth-order valence-corrected chi connectivity index (χ4v) is 2.07. The predicted molar refractivity (Wildman–Crippen MR) is 76.4 cm³/mol. The average Bonchev–Trinajstić information content (AvgIpc) is 2.50. The van der Waals surface area contributed by atoms with Gasteiger partial charge in [0.25, 0.3) is 0 Å². The van der Waals surface area contributed by atoms with Crippen LogP contribution in [-0.2, 0) is 19.0 Å². The van der Waals surface area contributed by atoms with E-state index in [0.29, 0.717) is 13.0 Å². The molecule has 0 aliphatic carbocycles. The van der Waals surface area contributed by atoms with Crippen molar-refractivity contribution in [2.75, 3.05) is 13.2 Å². The van der Waals surface area contributed by atoms with Crippen LogP contribution in [0.15, 0.2) is 42.5 Å². The molecule has 5 nitrogen and oxygen atoms in total. The normalized spacial score (nSPS) is 25.9. The zero-order chi connectivity index (χ0) is 15.1. The maximum atomic E-state index is 11.2. The fraction of sp³-hybridized carbons (Fsp3) is 0.438.